The largest absolute Gasteiger partial charge is 0.387 e. The molecule has 1 aliphatic carbocycles. The number of rotatable bonds is 4. The summed E-state index contributed by atoms with van der Waals surface area (Å²) in [6.07, 6.45) is 9.37. The summed E-state index contributed by atoms with van der Waals surface area (Å²) in [6, 6.07) is 0.109. The van der Waals surface area contributed by atoms with Crippen LogP contribution in [0.5, 0.6) is 0 Å². The second-order valence-electron chi connectivity index (χ2n) is 5.08. The molecule has 0 aliphatic heterocycles. The summed E-state index contributed by atoms with van der Waals surface area (Å²) in [6.45, 7) is 4.25. The fourth-order valence-electron chi connectivity index (χ4n) is 2.46. The van der Waals surface area contributed by atoms with Crippen molar-refractivity contribution in [2.75, 3.05) is 0 Å². The molecule has 100 valence electrons. The van der Waals surface area contributed by atoms with E-state index < -0.39 is 0 Å². The second kappa shape index (κ2) is 6.32. The lowest BCUT2D eigenvalue weighted by Gasteiger charge is -2.21. The van der Waals surface area contributed by atoms with Crippen molar-refractivity contribution in [3.05, 3.63) is 16.1 Å². The van der Waals surface area contributed by atoms with Gasteiger partial charge in [-0.2, -0.15) is 0 Å². The third-order valence-electron chi connectivity index (χ3n) is 3.64. The maximum absolute atomic E-state index is 6.15. The second-order valence-corrected chi connectivity index (χ2v) is 6.23. The highest BCUT2D eigenvalue weighted by Crippen LogP contribution is 2.27. The van der Waals surface area contributed by atoms with Crippen molar-refractivity contribution >= 4 is 17.2 Å². The standard InChI is InChI=1S/C14H23N3S/c1-3-12-9-16-14(18-12)10(2)17-13(15)11-7-5-4-6-8-11/h9-11H,3-8H2,1-2H3,(H2,15,17). The molecule has 1 saturated carbocycles. The van der Waals surface area contributed by atoms with E-state index in [-0.39, 0.29) is 6.04 Å². The minimum Gasteiger partial charge on any atom is -0.387 e. The van der Waals surface area contributed by atoms with Gasteiger partial charge in [0.05, 0.1) is 5.84 Å². The molecular formula is C14H23N3S. The van der Waals surface area contributed by atoms with Gasteiger partial charge in [0.2, 0.25) is 0 Å². The number of nitrogens with two attached hydrogens (primary N) is 1. The number of thiazole rings is 1. The topological polar surface area (TPSA) is 51.3 Å². The highest BCUT2D eigenvalue weighted by molar-refractivity contribution is 7.11. The van der Waals surface area contributed by atoms with Crippen molar-refractivity contribution in [2.24, 2.45) is 16.6 Å². The predicted octanol–water partition coefficient (Wildman–Crippen LogP) is 3.70. The summed E-state index contributed by atoms with van der Waals surface area (Å²) in [5, 5.41) is 1.09. The van der Waals surface area contributed by atoms with Crippen LogP contribution < -0.4 is 5.73 Å². The fourth-order valence-corrected chi connectivity index (χ4v) is 3.31. The van der Waals surface area contributed by atoms with E-state index in [2.05, 4.69) is 23.8 Å². The van der Waals surface area contributed by atoms with Gasteiger partial charge in [0.1, 0.15) is 11.0 Å². The molecule has 0 spiro atoms. The summed E-state index contributed by atoms with van der Waals surface area (Å²) < 4.78 is 0. The summed E-state index contributed by atoms with van der Waals surface area (Å²) in [7, 11) is 0. The van der Waals surface area contributed by atoms with Gasteiger partial charge in [0.15, 0.2) is 0 Å². The number of aryl methyl sites for hydroxylation is 1. The first-order valence-electron chi connectivity index (χ1n) is 6.98. The molecule has 1 heterocycles. The molecule has 2 rings (SSSR count). The molecule has 0 amide bonds. The predicted molar refractivity (Wildman–Crippen MR) is 78.1 cm³/mol. The van der Waals surface area contributed by atoms with Gasteiger partial charge in [-0.15, -0.1) is 11.3 Å². The van der Waals surface area contributed by atoms with Crippen molar-refractivity contribution in [1.82, 2.24) is 4.98 Å². The van der Waals surface area contributed by atoms with E-state index in [0.717, 1.165) is 17.3 Å². The Hall–Kier alpha value is -0.900. The van der Waals surface area contributed by atoms with Crippen molar-refractivity contribution in [3.63, 3.8) is 0 Å². The smallest absolute Gasteiger partial charge is 0.117 e. The molecule has 0 radical (unpaired) electrons. The van der Waals surface area contributed by atoms with E-state index in [9.17, 15) is 0 Å². The van der Waals surface area contributed by atoms with Gasteiger partial charge in [-0.1, -0.05) is 26.2 Å². The van der Waals surface area contributed by atoms with Crippen molar-refractivity contribution < 1.29 is 0 Å². The lowest BCUT2D eigenvalue weighted by molar-refractivity contribution is 0.435. The Bertz CT molecular complexity index is 405. The van der Waals surface area contributed by atoms with E-state index in [1.54, 1.807) is 11.3 Å². The number of nitrogens with zero attached hydrogens (tertiary/aromatic N) is 2. The molecule has 1 atom stereocenters. The van der Waals surface area contributed by atoms with Crippen LogP contribution in [0.2, 0.25) is 0 Å². The maximum atomic E-state index is 6.15. The Morgan fingerprint density at radius 1 is 1.50 bits per heavy atom. The number of aromatic nitrogens is 1. The fraction of sp³-hybridized carbons (Fsp3) is 0.714. The Morgan fingerprint density at radius 2 is 2.22 bits per heavy atom. The van der Waals surface area contributed by atoms with Crippen molar-refractivity contribution in [3.8, 4) is 0 Å². The zero-order valence-electron chi connectivity index (χ0n) is 11.4. The number of aliphatic imine (C=N–C) groups is 1. The molecule has 0 bridgehead atoms. The van der Waals surface area contributed by atoms with Crippen LogP contribution in [0.25, 0.3) is 0 Å². The molecule has 1 fully saturated rings. The average molecular weight is 265 g/mol. The van der Waals surface area contributed by atoms with Gasteiger partial charge >= 0.3 is 0 Å². The van der Waals surface area contributed by atoms with E-state index >= 15 is 0 Å². The Balaban J connectivity index is 2.01. The Labute approximate surface area is 114 Å². The number of hydrogen-bond acceptors (Lipinski definition) is 3. The summed E-state index contributed by atoms with van der Waals surface area (Å²) in [5.41, 5.74) is 6.15. The molecule has 4 heteroatoms. The first kappa shape index (κ1) is 13.5. The molecule has 1 aliphatic rings. The van der Waals surface area contributed by atoms with Crippen LogP contribution >= 0.6 is 11.3 Å². The lowest BCUT2D eigenvalue weighted by atomic mass is 9.88. The van der Waals surface area contributed by atoms with E-state index in [0.29, 0.717) is 5.92 Å². The van der Waals surface area contributed by atoms with Crippen LogP contribution in [-0.4, -0.2) is 10.8 Å². The first-order valence-corrected chi connectivity index (χ1v) is 7.80. The third-order valence-corrected chi connectivity index (χ3v) is 4.96. The van der Waals surface area contributed by atoms with Gasteiger partial charge in [0, 0.05) is 17.0 Å². The Kier molecular flexibility index (Phi) is 4.75. The van der Waals surface area contributed by atoms with Crippen LogP contribution in [0.4, 0.5) is 0 Å². The van der Waals surface area contributed by atoms with Gasteiger partial charge < -0.3 is 5.73 Å². The summed E-state index contributed by atoms with van der Waals surface area (Å²) >= 11 is 1.76. The highest BCUT2D eigenvalue weighted by Gasteiger charge is 2.18. The SMILES string of the molecule is CCc1cnc(C(C)N=C(N)C2CCCCC2)s1. The van der Waals surface area contributed by atoms with Crippen LogP contribution in [0, 0.1) is 5.92 Å². The van der Waals surface area contributed by atoms with Gasteiger partial charge in [-0.3, -0.25) is 4.99 Å². The zero-order chi connectivity index (χ0) is 13.0. The zero-order valence-corrected chi connectivity index (χ0v) is 12.2. The molecule has 2 N–H and O–H groups in total. The quantitative estimate of drug-likeness (QED) is 0.666. The minimum atomic E-state index is 0.109. The van der Waals surface area contributed by atoms with Gasteiger partial charge in [-0.05, 0) is 26.2 Å². The van der Waals surface area contributed by atoms with Crippen molar-refractivity contribution in [1.29, 1.82) is 0 Å². The number of amidine groups is 1. The summed E-state index contributed by atoms with van der Waals surface area (Å²) in [4.78, 5) is 10.4. The molecule has 0 aromatic carbocycles. The minimum absolute atomic E-state index is 0.109. The van der Waals surface area contributed by atoms with Crippen molar-refractivity contribution in [2.45, 2.75) is 58.4 Å². The Morgan fingerprint density at radius 3 is 2.83 bits per heavy atom. The first-order chi connectivity index (χ1) is 8.70. The van der Waals surface area contributed by atoms with Crippen LogP contribution in [-0.2, 0) is 6.42 Å². The molecule has 3 nitrogen and oxygen atoms in total. The molecule has 1 aromatic rings. The molecule has 1 unspecified atom stereocenters. The maximum Gasteiger partial charge on any atom is 0.117 e. The molecule has 0 saturated heterocycles. The van der Waals surface area contributed by atoms with E-state index in [1.807, 2.05) is 6.20 Å². The summed E-state index contributed by atoms with van der Waals surface area (Å²) in [5.74, 6) is 1.35. The highest BCUT2D eigenvalue weighted by atomic mass is 32.1. The lowest BCUT2D eigenvalue weighted by Crippen LogP contribution is -2.26. The van der Waals surface area contributed by atoms with Gasteiger partial charge in [-0.25, -0.2) is 4.98 Å². The van der Waals surface area contributed by atoms with Gasteiger partial charge in [0.25, 0.3) is 0 Å². The van der Waals surface area contributed by atoms with E-state index in [1.165, 1.54) is 37.0 Å². The molecular weight excluding hydrogens is 242 g/mol. The van der Waals surface area contributed by atoms with Crippen LogP contribution in [0.3, 0.4) is 0 Å². The third kappa shape index (κ3) is 3.31. The van der Waals surface area contributed by atoms with Crippen LogP contribution in [0.15, 0.2) is 11.2 Å². The molecule has 18 heavy (non-hydrogen) atoms. The molecule has 1 aromatic heterocycles. The van der Waals surface area contributed by atoms with E-state index in [4.69, 9.17) is 5.73 Å². The monoisotopic (exact) mass is 265 g/mol. The average Bonchev–Trinajstić information content (AvgIpc) is 2.88. The number of hydrogen-bond donors (Lipinski definition) is 1. The normalized spacial score (nSPS) is 20.0. The van der Waals surface area contributed by atoms with Crippen LogP contribution in [0.1, 0.15) is 61.9 Å².